The van der Waals surface area contributed by atoms with Crippen molar-refractivity contribution in [2.45, 2.75) is 25.5 Å². The minimum Gasteiger partial charge on any atom is -0.376 e. The smallest absolute Gasteiger partial charge is 0.186 e. The number of nitrogens with zero attached hydrogens (tertiary/aromatic N) is 2. The van der Waals surface area contributed by atoms with Crippen molar-refractivity contribution < 1.29 is 4.74 Å². The number of nitrogens with two attached hydrogens (primary N) is 1. The molecule has 0 amide bonds. The Labute approximate surface area is 129 Å². The van der Waals surface area contributed by atoms with Crippen molar-refractivity contribution in [2.24, 2.45) is 5.73 Å². The number of rotatable bonds is 5. The van der Waals surface area contributed by atoms with Crippen LogP contribution in [0.4, 0.5) is 5.13 Å². The first-order valence-corrected chi connectivity index (χ1v) is 8.17. The number of hydrogen-bond acceptors (Lipinski definition) is 5. The summed E-state index contributed by atoms with van der Waals surface area (Å²) in [5.41, 5.74) is 8.03. The Balaban J connectivity index is 1.81. The molecule has 0 aliphatic carbocycles. The fourth-order valence-electron chi connectivity index (χ4n) is 2.63. The van der Waals surface area contributed by atoms with Gasteiger partial charge in [0.25, 0.3) is 0 Å². The number of ether oxygens (including phenoxy) is 1. The second-order valence-electron chi connectivity index (χ2n) is 5.35. The summed E-state index contributed by atoms with van der Waals surface area (Å²) < 4.78 is 5.70. The molecule has 0 spiro atoms. The van der Waals surface area contributed by atoms with Crippen molar-refractivity contribution in [2.75, 3.05) is 25.1 Å². The van der Waals surface area contributed by atoms with Gasteiger partial charge in [-0.3, -0.25) is 0 Å². The summed E-state index contributed by atoms with van der Waals surface area (Å²) in [7, 11) is 2.08. The highest BCUT2D eigenvalue weighted by Gasteiger charge is 2.20. The number of thiazole rings is 1. The average molecular weight is 303 g/mol. The Morgan fingerprint density at radius 2 is 2.19 bits per heavy atom. The van der Waals surface area contributed by atoms with Crippen LogP contribution in [-0.4, -0.2) is 31.3 Å². The number of likely N-dealkylation sites (N-methyl/N-ethyl adjacent to an activating group) is 1. The summed E-state index contributed by atoms with van der Waals surface area (Å²) in [6.45, 7) is 2.31. The maximum atomic E-state index is 5.89. The molecule has 1 aromatic heterocycles. The summed E-state index contributed by atoms with van der Waals surface area (Å²) in [6, 6.07) is 10.2. The van der Waals surface area contributed by atoms with Gasteiger partial charge in [0.1, 0.15) is 0 Å². The molecule has 1 aliphatic heterocycles. The van der Waals surface area contributed by atoms with Gasteiger partial charge < -0.3 is 15.4 Å². The molecule has 1 atom stereocenters. The summed E-state index contributed by atoms with van der Waals surface area (Å²) in [6.07, 6.45) is 2.64. The van der Waals surface area contributed by atoms with Gasteiger partial charge in [0.15, 0.2) is 5.13 Å². The maximum Gasteiger partial charge on any atom is 0.186 e. The first-order chi connectivity index (χ1) is 10.3. The topological polar surface area (TPSA) is 51.4 Å². The van der Waals surface area contributed by atoms with Gasteiger partial charge in [0.05, 0.1) is 11.8 Å². The zero-order valence-electron chi connectivity index (χ0n) is 12.3. The third-order valence-electron chi connectivity index (χ3n) is 3.75. The van der Waals surface area contributed by atoms with Crippen LogP contribution in [0.25, 0.3) is 11.3 Å². The van der Waals surface area contributed by atoms with E-state index >= 15 is 0 Å². The second-order valence-corrected chi connectivity index (χ2v) is 6.42. The number of aromatic nitrogens is 1. The van der Waals surface area contributed by atoms with Crippen LogP contribution in [0.15, 0.2) is 30.3 Å². The van der Waals surface area contributed by atoms with E-state index in [2.05, 4.69) is 24.1 Å². The van der Waals surface area contributed by atoms with E-state index in [1.54, 1.807) is 11.3 Å². The van der Waals surface area contributed by atoms with Crippen molar-refractivity contribution in [3.05, 3.63) is 35.2 Å². The molecular formula is C16H21N3OS. The zero-order chi connectivity index (χ0) is 14.7. The molecular weight excluding hydrogens is 282 g/mol. The van der Waals surface area contributed by atoms with E-state index in [9.17, 15) is 0 Å². The van der Waals surface area contributed by atoms with E-state index in [1.807, 2.05) is 18.2 Å². The first-order valence-electron chi connectivity index (χ1n) is 7.36. The fourth-order valence-corrected chi connectivity index (χ4v) is 3.57. The molecule has 2 aromatic rings. The molecule has 21 heavy (non-hydrogen) atoms. The van der Waals surface area contributed by atoms with Crippen molar-refractivity contribution in [3.63, 3.8) is 0 Å². The summed E-state index contributed by atoms with van der Waals surface area (Å²) in [5.74, 6) is 0. The molecule has 1 fully saturated rings. The summed E-state index contributed by atoms with van der Waals surface area (Å²) >= 11 is 1.68. The molecule has 4 nitrogen and oxygen atoms in total. The zero-order valence-corrected chi connectivity index (χ0v) is 13.1. The van der Waals surface area contributed by atoms with Crippen LogP contribution in [-0.2, 0) is 11.3 Å². The molecule has 1 saturated heterocycles. The highest BCUT2D eigenvalue weighted by Crippen LogP contribution is 2.32. The molecule has 2 N–H and O–H groups in total. The van der Waals surface area contributed by atoms with Crippen LogP contribution in [0.2, 0.25) is 0 Å². The summed E-state index contributed by atoms with van der Waals surface area (Å²) in [5, 5.41) is 1.02. The standard InChI is InChI=1S/C16H21N3OS/c1-19(11-13-8-5-9-20-13)16-18-15(14(10-17)21-16)12-6-3-2-4-7-12/h2-4,6-7,13H,5,8-11,17H2,1H3. The van der Waals surface area contributed by atoms with E-state index in [0.717, 1.165) is 40.8 Å². The predicted molar refractivity (Wildman–Crippen MR) is 87.7 cm³/mol. The van der Waals surface area contributed by atoms with Gasteiger partial charge >= 0.3 is 0 Å². The van der Waals surface area contributed by atoms with Gasteiger partial charge in [-0.15, -0.1) is 0 Å². The number of anilines is 1. The monoisotopic (exact) mass is 303 g/mol. The second kappa shape index (κ2) is 6.56. The largest absolute Gasteiger partial charge is 0.376 e. The van der Waals surface area contributed by atoms with Crippen LogP contribution < -0.4 is 10.6 Å². The van der Waals surface area contributed by atoms with E-state index in [0.29, 0.717) is 12.6 Å². The van der Waals surface area contributed by atoms with Crippen molar-refractivity contribution in [1.82, 2.24) is 4.98 Å². The minimum atomic E-state index is 0.334. The van der Waals surface area contributed by atoms with E-state index in [-0.39, 0.29) is 0 Å². The Hall–Kier alpha value is -1.43. The van der Waals surface area contributed by atoms with Gasteiger partial charge in [-0.2, -0.15) is 0 Å². The molecule has 112 valence electrons. The average Bonchev–Trinajstić information content (AvgIpc) is 3.17. The molecule has 2 heterocycles. The Kier molecular flexibility index (Phi) is 4.53. The van der Waals surface area contributed by atoms with Crippen LogP contribution in [0.1, 0.15) is 17.7 Å². The molecule has 1 aliphatic rings. The molecule has 0 saturated carbocycles. The van der Waals surface area contributed by atoms with E-state index in [1.165, 1.54) is 6.42 Å². The van der Waals surface area contributed by atoms with Gasteiger partial charge in [0, 0.05) is 37.2 Å². The van der Waals surface area contributed by atoms with Gasteiger partial charge in [-0.25, -0.2) is 4.98 Å². The minimum absolute atomic E-state index is 0.334. The molecule has 3 rings (SSSR count). The van der Waals surface area contributed by atoms with Gasteiger partial charge in [-0.05, 0) is 12.8 Å². The molecule has 5 heteroatoms. The van der Waals surface area contributed by atoms with Crippen molar-refractivity contribution >= 4 is 16.5 Å². The molecule has 0 radical (unpaired) electrons. The molecule has 1 aromatic carbocycles. The third kappa shape index (κ3) is 3.26. The van der Waals surface area contributed by atoms with Crippen LogP contribution >= 0.6 is 11.3 Å². The summed E-state index contributed by atoms with van der Waals surface area (Å²) in [4.78, 5) is 8.12. The van der Waals surface area contributed by atoms with Gasteiger partial charge in [0.2, 0.25) is 0 Å². The Morgan fingerprint density at radius 3 is 2.86 bits per heavy atom. The SMILES string of the molecule is CN(CC1CCCO1)c1nc(-c2ccccc2)c(CN)s1. The van der Waals surface area contributed by atoms with E-state index in [4.69, 9.17) is 15.5 Å². The lowest BCUT2D eigenvalue weighted by Gasteiger charge is -2.19. The lowest BCUT2D eigenvalue weighted by Crippen LogP contribution is -2.28. The van der Waals surface area contributed by atoms with Crippen LogP contribution in [0, 0.1) is 0 Å². The highest BCUT2D eigenvalue weighted by atomic mass is 32.1. The number of hydrogen-bond donors (Lipinski definition) is 1. The van der Waals surface area contributed by atoms with Crippen LogP contribution in [0.5, 0.6) is 0 Å². The first kappa shape index (κ1) is 14.5. The third-order valence-corrected chi connectivity index (χ3v) is 4.94. The lowest BCUT2D eigenvalue weighted by molar-refractivity contribution is 0.116. The van der Waals surface area contributed by atoms with E-state index < -0.39 is 0 Å². The highest BCUT2D eigenvalue weighted by molar-refractivity contribution is 7.16. The molecule has 1 unspecified atom stereocenters. The normalized spacial score (nSPS) is 18.1. The Bertz CT molecular complexity index is 578. The van der Waals surface area contributed by atoms with Crippen molar-refractivity contribution in [3.8, 4) is 11.3 Å². The quantitative estimate of drug-likeness (QED) is 0.923. The van der Waals surface area contributed by atoms with Crippen molar-refractivity contribution in [1.29, 1.82) is 0 Å². The maximum absolute atomic E-state index is 5.89. The molecule has 0 bridgehead atoms. The lowest BCUT2D eigenvalue weighted by atomic mass is 10.1. The van der Waals surface area contributed by atoms with Gasteiger partial charge in [-0.1, -0.05) is 41.7 Å². The predicted octanol–water partition coefficient (Wildman–Crippen LogP) is 2.88. The Morgan fingerprint density at radius 1 is 1.38 bits per heavy atom. The fraction of sp³-hybridized carbons (Fsp3) is 0.438. The van der Waals surface area contributed by atoms with Crippen LogP contribution in [0.3, 0.4) is 0 Å². The number of benzene rings is 1.